The smallest absolute Gasteiger partial charge is 0.257 e. The Hall–Kier alpha value is -1.50. The van der Waals surface area contributed by atoms with E-state index in [9.17, 15) is 4.79 Å². The van der Waals surface area contributed by atoms with E-state index in [0.29, 0.717) is 47.5 Å². The third-order valence-electron chi connectivity index (χ3n) is 3.67. The van der Waals surface area contributed by atoms with E-state index in [2.05, 4.69) is 36.8 Å². The molecule has 1 N–H and O–H groups in total. The van der Waals surface area contributed by atoms with Crippen LogP contribution >= 0.6 is 43.5 Å². The van der Waals surface area contributed by atoms with E-state index in [-0.39, 0.29) is 5.56 Å². The molecule has 0 aliphatic carbocycles. The van der Waals surface area contributed by atoms with Gasteiger partial charge in [-0.25, -0.2) is 0 Å². The number of rotatable bonds is 3. The van der Waals surface area contributed by atoms with Crippen LogP contribution in [0.15, 0.2) is 44.1 Å². The van der Waals surface area contributed by atoms with E-state index < -0.39 is 0 Å². The lowest BCUT2D eigenvalue weighted by Gasteiger charge is -2.13. The number of methoxy groups -OCH3 is 2. The van der Waals surface area contributed by atoms with Crippen LogP contribution in [-0.4, -0.2) is 19.2 Å². The summed E-state index contributed by atoms with van der Waals surface area (Å²) in [6.45, 7) is 0. The predicted octanol–water partition coefficient (Wildman–Crippen LogP) is 5.39. The Morgan fingerprint density at radius 1 is 1.08 bits per heavy atom. The van der Waals surface area contributed by atoms with Crippen molar-refractivity contribution in [3.8, 4) is 22.6 Å². The first-order valence-electron chi connectivity index (χ1n) is 6.89. The van der Waals surface area contributed by atoms with Gasteiger partial charge in [-0.15, -0.1) is 0 Å². The Morgan fingerprint density at radius 2 is 1.75 bits per heavy atom. The van der Waals surface area contributed by atoms with Crippen molar-refractivity contribution in [2.75, 3.05) is 14.2 Å². The zero-order valence-corrected chi connectivity index (χ0v) is 16.7. The second-order valence-electron chi connectivity index (χ2n) is 5.00. The SMILES string of the molecule is COc1ccc(-c2c(Cl)c3c(Br)c(OC)c(Br)cc3[nH]c2=O)cc1. The number of nitrogens with one attached hydrogen (secondary N) is 1. The summed E-state index contributed by atoms with van der Waals surface area (Å²) in [6, 6.07) is 8.93. The lowest BCUT2D eigenvalue weighted by molar-refractivity contribution is 0.410. The van der Waals surface area contributed by atoms with Crippen LogP contribution in [0.2, 0.25) is 5.02 Å². The van der Waals surface area contributed by atoms with Crippen LogP contribution in [0.5, 0.6) is 11.5 Å². The number of ether oxygens (including phenoxy) is 2. The summed E-state index contributed by atoms with van der Waals surface area (Å²) in [5.74, 6) is 1.32. The summed E-state index contributed by atoms with van der Waals surface area (Å²) >= 11 is 13.5. The van der Waals surface area contributed by atoms with Gasteiger partial charge in [-0.3, -0.25) is 4.79 Å². The standard InChI is InChI=1S/C17H12Br2ClNO3/c1-23-9-5-3-8(4-6-9)12-15(20)13-11(21-17(12)22)7-10(18)16(24-2)14(13)19/h3-7H,1-2H3,(H,21,22). The number of aromatic nitrogens is 1. The molecular weight excluding hydrogens is 461 g/mol. The normalized spacial score (nSPS) is 10.9. The summed E-state index contributed by atoms with van der Waals surface area (Å²) in [5.41, 5.74) is 1.46. The largest absolute Gasteiger partial charge is 0.497 e. The summed E-state index contributed by atoms with van der Waals surface area (Å²) in [7, 11) is 3.16. The maximum absolute atomic E-state index is 12.6. The maximum Gasteiger partial charge on any atom is 0.257 e. The Balaban J connectivity index is 2.35. The molecule has 24 heavy (non-hydrogen) atoms. The Bertz CT molecular complexity index is 984. The van der Waals surface area contributed by atoms with Crippen molar-refractivity contribution in [3.05, 3.63) is 54.7 Å². The van der Waals surface area contributed by atoms with Crippen LogP contribution in [0.1, 0.15) is 0 Å². The van der Waals surface area contributed by atoms with Gasteiger partial charge in [-0.2, -0.15) is 0 Å². The molecule has 7 heteroatoms. The number of benzene rings is 2. The minimum Gasteiger partial charge on any atom is -0.497 e. The molecule has 1 aromatic heterocycles. The van der Waals surface area contributed by atoms with E-state index in [1.807, 2.05) is 0 Å². The summed E-state index contributed by atoms with van der Waals surface area (Å²) < 4.78 is 11.9. The highest BCUT2D eigenvalue weighted by Crippen LogP contribution is 2.43. The Labute approximate surface area is 160 Å². The van der Waals surface area contributed by atoms with Crippen molar-refractivity contribution in [3.63, 3.8) is 0 Å². The molecule has 0 aliphatic rings. The maximum atomic E-state index is 12.6. The van der Waals surface area contributed by atoms with Crippen LogP contribution < -0.4 is 15.0 Å². The van der Waals surface area contributed by atoms with Crippen LogP contribution in [0.3, 0.4) is 0 Å². The summed E-state index contributed by atoms with van der Waals surface area (Å²) in [5, 5.41) is 1.04. The Kier molecular flexibility index (Phi) is 4.90. The zero-order chi connectivity index (χ0) is 17.4. The van der Waals surface area contributed by atoms with Gasteiger partial charge in [-0.1, -0.05) is 23.7 Å². The second-order valence-corrected chi connectivity index (χ2v) is 7.03. The van der Waals surface area contributed by atoms with Crippen molar-refractivity contribution in [1.82, 2.24) is 4.98 Å². The zero-order valence-electron chi connectivity index (χ0n) is 12.7. The molecule has 3 rings (SSSR count). The highest BCUT2D eigenvalue weighted by molar-refractivity contribution is 9.11. The highest BCUT2D eigenvalue weighted by Gasteiger charge is 2.19. The number of H-pyrrole nitrogens is 1. The van der Waals surface area contributed by atoms with Crippen molar-refractivity contribution in [2.45, 2.75) is 0 Å². The van der Waals surface area contributed by atoms with E-state index in [1.165, 1.54) is 0 Å². The molecule has 0 radical (unpaired) electrons. The number of hydrogen-bond acceptors (Lipinski definition) is 3. The lowest BCUT2D eigenvalue weighted by Crippen LogP contribution is -2.10. The molecule has 0 spiro atoms. The molecular formula is C17H12Br2ClNO3. The number of aromatic amines is 1. The minimum absolute atomic E-state index is 0.262. The van der Waals surface area contributed by atoms with Crippen molar-refractivity contribution in [1.29, 1.82) is 0 Å². The van der Waals surface area contributed by atoms with E-state index in [4.69, 9.17) is 21.1 Å². The molecule has 0 aliphatic heterocycles. The monoisotopic (exact) mass is 471 g/mol. The molecule has 0 atom stereocenters. The first kappa shape index (κ1) is 17.3. The summed E-state index contributed by atoms with van der Waals surface area (Å²) in [4.78, 5) is 15.4. The molecule has 0 saturated heterocycles. The predicted molar refractivity (Wildman–Crippen MR) is 104 cm³/mol. The molecule has 0 amide bonds. The van der Waals surface area contributed by atoms with Gasteiger partial charge in [0.1, 0.15) is 11.5 Å². The van der Waals surface area contributed by atoms with Crippen LogP contribution in [-0.2, 0) is 0 Å². The van der Waals surface area contributed by atoms with E-state index in [0.717, 1.165) is 0 Å². The Morgan fingerprint density at radius 3 is 2.33 bits per heavy atom. The highest BCUT2D eigenvalue weighted by atomic mass is 79.9. The number of pyridine rings is 1. The third-order valence-corrected chi connectivity index (χ3v) is 5.40. The minimum atomic E-state index is -0.262. The van der Waals surface area contributed by atoms with E-state index >= 15 is 0 Å². The van der Waals surface area contributed by atoms with Gasteiger partial charge in [-0.05, 0) is 55.6 Å². The molecule has 1 heterocycles. The molecule has 0 saturated carbocycles. The number of hydrogen-bond donors (Lipinski definition) is 1. The molecule has 0 bridgehead atoms. The number of fused-ring (bicyclic) bond motifs is 1. The van der Waals surface area contributed by atoms with E-state index in [1.54, 1.807) is 44.6 Å². The topological polar surface area (TPSA) is 51.3 Å². The van der Waals surface area contributed by atoms with Gasteiger partial charge in [0.05, 0.1) is 39.3 Å². The first-order chi connectivity index (χ1) is 11.5. The lowest BCUT2D eigenvalue weighted by atomic mass is 10.0. The fourth-order valence-corrected chi connectivity index (χ4v) is 4.67. The van der Waals surface area contributed by atoms with Gasteiger partial charge in [0.25, 0.3) is 5.56 Å². The number of halogens is 3. The molecule has 0 fully saturated rings. The van der Waals surface area contributed by atoms with Gasteiger partial charge in [0.15, 0.2) is 0 Å². The van der Waals surface area contributed by atoms with Gasteiger partial charge >= 0.3 is 0 Å². The van der Waals surface area contributed by atoms with Gasteiger partial charge < -0.3 is 14.5 Å². The molecule has 2 aromatic carbocycles. The average molecular weight is 474 g/mol. The first-order valence-corrected chi connectivity index (χ1v) is 8.86. The molecule has 0 unspecified atom stereocenters. The quantitative estimate of drug-likeness (QED) is 0.555. The molecule has 3 aromatic rings. The van der Waals surface area contributed by atoms with Crippen molar-refractivity contribution < 1.29 is 9.47 Å². The van der Waals surface area contributed by atoms with Crippen LogP contribution in [0.25, 0.3) is 22.0 Å². The fourth-order valence-electron chi connectivity index (χ4n) is 2.53. The van der Waals surface area contributed by atoms with Gasteiger partial charge in [0.2, 0.25) is 0 Å². The second kappa shape index (κ2) is 6.78. The third kappa shape index (κ3) is 2.83. The molecule has 4 nitrogen and oxygen atoms in total. The van der Waals surface area contributed by atoms with Crippen LogP contribution in [0.4, 0.5) is 0 Å². The summed E-state index contributed by atoms with van der Waals surface area (Å²) in [6.07, 6.45) is 0. The molecule has 124 valence electrons. The van der Waals surface area contributed by atoms with Gasteiger partial charge in [0, 0.05) is 5.39 Å². The average Bonchev–Trinajstić information content (AvgIpc) is 2.55. The van der Waals surface area contributed by atoms with Crippen molar-refractivity contribution >= 4 is 54.4 Å². The van der Waals surface area contributed by atoms with Crippen molar-refractivity contribution in [2.24, 2.45) is 0 Å². The fraction of sp³-hybridized carbons (Fsp3) is 0.118. The van der Waals surface area contributed by atoms with Crippen LogP contribution in [0, 0.1) is 0 Å².